The van der Waals surface area contributed by atoms with Crippen LogP contribution in [0.4, 0.5) is 12.9 Å². The van der Waals surface area contributed by atoms with Gasteiger partial charge in [-0.2, -0.15) is 0 Å². The van der Waals surface area contributed by atoms with E-state index >= 15 is 0 Å². The van der Waals surface area contributed by atoms with Gasteiger partial charge in [-0.3, -0.25) is 4.90 Å². The van der Waals surface area contributed by atoms with Gasteiger partial charge >= 0.3 is 6.98 Å². The zero-order chi connectivity index (χ0) is 12.3. The Hall–Kier alpha value is -0.265. The Bertz CT molecular complexity index is 238. The first-order chi connectivity index (χ1) is 8.04. The van der Waals surface area contributed by atoms with Crippen LogP contribution in [0, 0.1) is 0 Å². The number of hydrogen-bond donors (Lipinski definition) is 0. The van der Waals surface area contributed by atoms with E-state index < -0.39 is 13.4 Å². The second-order valence-corrected chi connectivity index (χ2v) is 4.89. The Morgan fingerprint density at radius 2 is 1.59 bits per heavy atom. The average Bonchev–Trinajstić information content (AvgIpc) is 2.29. The first-order valence-electron chi connectivity index (χ1n) is 6.30. The van der Waals surface area contributed by atoms with Gasteiger partial charge in [0.15, 0.2) is 0 Å². The third-order valence-corrected chi connectivity index (χ3v) is 3.58. The van der Waals surface area contributed by atoms with E-state index in [-0.39, 0.29) is 0 Å². The van der Waals surface area contributed by atoms with E-state index in [1.807, 2.05) is 0 Å². The number of piperazine rings is 1. The molecule has 0 N–H and O–H groups in total. The van der Waals surface area contributed by atoms with Crippen molar-refractivity contribution in [1.82, 2.24) is 9.80 Å². The van der Waals surface area contributed by atoms with Gasteiger partial charge in [-0.1, -0.05) is 0 Å². The lowest BCUT2D eigenvalue weighted by Gasteiger charge is -2.41. The van der Waals surface area contributed by atoms with Crippen molar-refractivity contribution < 1.29 is 17.7 Å². The molecule has 2 aliphatic heterocycles. The molecule has 0 saturated carbocycles. The van der Waals surface area contributed by atoms with Gasteiger partial charge in [0.25, 0.3) is 0 Å². The molecule has 2 heterocycles. The lowest BCUT2D eigenvalue weighted by molar-refractivity contribution is 0.0152. The molecule has 0 aromatic rings. The average molecular weight is 251 g/mol. The van der Waals surface area contributed by atoms with Crippen molar-refractivity contribution in [3.8, 4) is 0 Å². The summed E-state index contributed by atoms with van der Waals surface area (Å²) >= 11 is 0. The standard InChI is InChI=1S/C10H19BF3N2O/c12-11(13,14)9-15-3-5-16(6-4-15)10-1-7-17-8-2-10/h10H,1-9H2/q-1. The van der Waals surface area contributed by atoms with E-state index in [2.05, 4.69) is 4.90 Å². The van der Waals surface area contributed by atoms with Crippen molar-refractivity contribution in [1.29, 1.82) is 0 Å². The van der Waals surface area contributed by atoms with E-state index in [0.717, 1.165) is 39.1 Å². The molecule has 2 saturated heterocycles. The lowest BCUT2D eigenvalue weighted by atomic mass is 9.91. The Kier molecular flexibility index (Phi) is 4.33. The Morgan fingerprint density at radius 1 is 1.00 bits per heavy atom. The van der Waals surface area contributed by atoms with Gasteiger partial charge in [-0.25, -0.2) is 0 Å². The second kappa shape index (κ2) is 5.58. The topological polar surface area (TPSA) is 15.7 Å². The molecule has 3 nitrogen and oxygen atoms in total. The van der Waals surface area contributed by atoms with Crippen LogP contribution >= 0.6 is 0 Å². The summed E-state index contributed by atoms with van der Waals surface area (Å²) in [6.07, 6.45) is 1.33. The second-order valence-electron chi connectivity index (χ2n) is 4.89. The summed E-state index contributed by atoms with van der Waals surface area (Å²) in [6.45, 7) is -0.498. The number of halogens is 3. The molecule has 2 fully saturated rings. The highest BCUT2D eigenvalue weighted by Crippen LogP contribution is 2.18. The van der Waals surface area contributed by atoms with E-state index in [1.54, 1.807) is 0 Å². The highest BCUT2D eigenvalue weighted by molar-refractivity contribution is 6.58. The fraction of sp³-hybridized carbons (Fsp3) is 1.00. The number of nitrogens with zero attached hydrogens (tertiary/aromatic N) is 2. The van der Waals surface area contributed by atoms with Crippen molar-refractivity contribution in [2.24, 2.45) is 0 Å². The maximum atomic E-state index is 12.3. The Labute approximate surface area is 99.9 Å². The maximum absolute atomic E-state index is 12.3. The summed E-state index contributed by atoms with van der Waals surface area (Å²) in [5.74, 6) is 0. The minimum absolute atomic E-state index is 0.516. The van der Waals surface area contributed by atoms with Crippen molar-refractivity contribution in [2.45, 2.75) is 18.9 Å². The van der Waals surface area contributed by atoms with Crippen LogP contribution in [-0.2, 0) is 4.74 Å². The van der Waals surface area contributed by atoms with Crippen LogP contribution in [-0.4, -0.2) is 68.7 Å². The van der Waals surface area contributed by atoms with Crippen molar-refractivity contribution in [3.05, 3.63) is 0 Å². The summed E-state index contributed by atoms with van der Waals surface area (Å²) in [5.41, 5.74) is 0. The van der Waals surface area contributed by atoms with Gasteiger partial charge in [0.1, 0.15) is 0 Å². The third-order valence-electron chi connectivity index (χ3n) is 3.58. The van der Waals surface area contributed by atoms with E-state index in [4.69, 9.17) is 4.74 Å². The van der Waals surface area contributed by atoms with Gasteiger partial charge in [0.2, 0.25) is 0 Å². The molecular weight excluding hydrogens is 232 g/mol. The quantitative estimate of drug-likeness (QED) is 0.700. The summed E-state index contributed by atoms with van der Waals surface area (Å²) in [6, 6.07) is 0.516. The van der Waals surface area contributed by atoms with E-state index in [0.29, 0.717) is 19.1 Å². The molecule has 0 radical (unpaired) electrons. The minimum Gasteiger partial charge on any atom is -0.448 e. The SMILES string of the molecule is F[B-](F)(F)CN1CCN(C2CCOCC2)CC1. The third kappa shape index (κ3) is 4.15. The zero-order valence-corrected chi connectivity index (χ0v) is 9.96. The molecule has 100 valence electrons. The number of ether oxygens (including phenoxy) is 1. The molecule has 0 bridgehead atoms. The molecule has 0 aliphatic carbocycles. The van der Waals surface area contributed by atoms with Crippen molar-refractivity contribution in [2.75, 3.05) is 45.8 Å². The first kappa shape index (κ1) is 13.2. The van der Waals surface area contributed by atoms with Gasteiger partial charge in [-0.05, 0) is 19.3 Å². The summed E-state index contributed by atoms with van der Waals surface area (Å²) in [7, 11) is 0. The highest BCUT2D eigenvalue weighted by Gasteiger charge is 2.30. The Morgan fingerprint density at radius 3 is 2.12 bits per heavy atom. The molecule has 0 aromatic carbocycles. The molecule has 0 spiro atoms. The number of hydrogen-bond acceptors (Lipinski definition) is 3. The van der Waals surface area contributed by atoms with Gasteiger partial charge < -0.3 is 22.6 Å². The van der Waals surface area contributed by atoms with Crippen molar-refractivity contribution in [3.63, 3.8) is 0 Å². The fourth-order valence-corrected chi connectivity index (χ4v) is 2.65. The molecular formula is C10H19BF3N2O-. The fourth-order valence-electron chi connectivity index (χ4n) is 2.65. The molecule has 0 atom stereocenters. The predicted molar refractivity (Wildman–Crippen MR) is 60.9 cm³/mol. The van der Waals surface area contributed by atoms with Crippen LogP contribution < -0.4 is 0 Å². The summed E-state index contributed by atoms with van der Waals surface area (Å²) in [4.78, 5) is 3.85. The molecule has 17 heavy (non-hydrogen) atoms. The van der Waals surface area contributed by atoms with E-state index in [9.17, 15) is 12.9 Å². The highest BCUT2D eigenvalue weighted by atomic mass is 19.4. The zero-order valence-electron chi connectivity index (χ0n) is 9.96. The molecule has 7 heteroatoms. The van der Waals surface area contributed by atoms with Crippen LogP contribution in [0.25, 0.3) is 0 Å². The summed E-state index contributed by atoms with van der Waals surface area (Å²) in [5, 5.41) is 0. The smallest absolute Gasteiger partial charge is 0.448 e. The summed E-state index contributed by atoms with van der Waals surface area (Å²) < 4.78 is 42.1. The minimum atomic E-state index is -4.68. The monoisotopic (exact) mass is 251 g/mol. The van der Waals surface area contributed by atoms with Gasteiger partial charge in [-0.15, -0.1) is 0 Å². The first-order valence-corrected chi connectivity index (χ1v) is 6.30. The van der Waals surface area contributed by atoms with E-state index in [1.165, 1.54) is 4.90 Å². The van der Waals surface area contributed by atoms with Crippen LogP contribution in [0.5, 0.6) is 0 Å². The van der Waals surface area contributed by atoms with Gasteiger partial charge in [0, 0.05) is 45.4 Å². The molecule has 2 rings (SSSR count). The Balaban J connectivity index is 1.73. The predicted octanol–water partition coefficient (Wildman–Crippen LogP) is 1.17. The lowest BCUT2D eigenvalue weighted by Crippen LogP contribution is -2.53. The van der Waals surface area contributed by atoms with Gasteiger partial charge in [0.05, 0.1) is 0 Å². The van der Waals surface area contributed by atoms with Crippen LogP contribution in [0.15, 0.2) is 0 Å². The van der Waals surface area contributed by atoms with Crippen LogP contribution in [0.2, 0.25) is 0 Å². The maximum Gasteiger partial charge on any atom is 0.492 e. The largest absolute Gasteiger partial charge is 0.492 e. The molecule has 0 amide bonds. The van der Waals surface area contributed by atoms with Crippen LogP contribution in [0.1, 0.15) is 12.8 Å². The molecule has 2 aliphatic rings. The van der Waals surface area contributed by atoms with Crippen molar-refractivity contribution >= 4 is 6.98 Å². The molecule has 0 aromatic heterocycles. The normalized spacial score (nSPS) is 26.3. The molecule has 0 unspecified atom stereocenters. The van der Waals surface area contributed by atoms with Crippen LogP contribution in [0.3, 0.4) is 0 Å². The number of rotatable bonds is 3.